The number of carbonyl (C=O) groups excluding carboxylic acids is 3. The zero-order valence-corrected chi connectivity index (χ0v) is 29.2. The summed E-state index contributed by atoms with van der Waals surface area (Å²) >= 11 is 0. The van der Waals surface area contributed by atoms with Gasteiger partial charge >= 0.3 is 12.1 Å². The third kappa shape index (κ3) is 7.90. The zero-order chi connectivity index (χ0) is 35.7. The minimum absolute atomic E-state index is 0.0141. The first kappa shape index (κ1) is 35.4. The van der Waals surface area contributed by atoms with Crippen molar-refractivity contribution in [2.24, 2.45) is 5.41 Å². The number of aliphatic carboxylic acids is 1. The van der Waals surface area contributed by atoms with Crippen LogP contribution in [-0.2, 0) is 19.1 Å². The number of carboxylic acid groups (broad SMARTS) is 1. The molecule has 3 amide bonds. The Morgan fingerprint density at radius 2 is 1.69 bits per heavy atom. The topological polar surface area (TPSA) is 156 Å². The van der Waals surface area contributed by atoms with Gasteiger partial charge in [0.1, 0.15) is 40.8 Å². The molecule has 1 aromatic heterocycles. The van der Waals surface area contributed by atoms with Crippen LogP contribution in [0, 0.1) is 5.41 Å². The van der Waals surface area contributed by atoms with Gasteiger partial charge in [-0.15, -0.1) is 0 Å². The number of pyridine rings is 1. The second-order valence-corrected chi connectivity index (χ2v) is 14.9. The van der Waals surface area contributed by atoms with E-state index >= 15 is 0 Å². The standard InChI is InChI=1S/C37H46N4O8/c1-35(2,3)30(39-34(46)49-36(4,5)6)32(43)41-21-24(19-28(41)31(42)40-37(33(44)45)16-11-17-37)48-29-20-26(22-12-9-8-10-13-22)38-27-18-23(47-7)14-15-25(27)29/h8-10,12-15,18,20,24,28,30H,11,16-17,19,21H2,1-7H3,(H,39,46)(H,40,42)(H,44,45). The van der Waals surface area contributed by atoms with E-state index in [1.807, 2.05) is 69.3 Å². The maximum atomic E-state index is 14.4. The predicted octanol–water partition coefficient (Wildman–Crippen LogP) is 5.32. The Morgan fingerprint density at radius 1 is 1.00 bits per heavy atom. The van der Waals surface area contributed by atoms with Crippen molar-refractivity contribution in [1.29, 1.82) is 0 Å². The lowest BCUT2D eigenvalue weighted by Gasteiger charge is -2.40. The number of methoxy groups -OCH3 is 1. The molecule has 0 spiro atoms. The zero-order valence-electron chi connectivity index (χ0n) is 29.2. The largest absolute Gasteiger partial charge is 0.497 e. The van der Waals surface area contributed by atoms with E-state index in [4.69, 9.17) is 19.2 Å². The minimum atomic E-state index is -1.38. The molecular weight excluding hydrogens is 628 g/mol. The number of benzene rings is 2. The number of carboxylic acids is 1. The number of likely N-dealkylation sites (tertiary alicyclic amines) is 1. The summed E-state index contributed by atoms with van der Waals surface area (Å²) in [6, 6.07) is 14.8. The van der Waals surface area contributed by atoms with Gasteiger partial charge in [-0.3, -0.25) is 9.59 Å². The number of rotatable bonds is 9. The maximum absolute atomic E-state index is 14.4. The van der Waals surface area contributed by atoms with Gasteiger partial charge in [-0.05, 0) is 57.6 Å². The molecule has 1 aliphatic carbocycles. The lowest BCUT2D eigenvalue weighted by atomic mass is 9.76. The average Bonchev–Trinajstić information content (AvgIpc) is 3.43. The molecule has 0 bridgehead atoms. The number of alkyl carbamates (subject to hydrolysis) is 1. The van der Waals surface area contributed by atoms with Crippen LogP contribution in [0.2, 0.25) is 0 Å². The molecule has 49 heavy (non-hydrogen) atoms. The number of ether oxygens (including phenoxy) is 3. The van der Waals surface area contributed by atoms with Gasteiger partial charge < -0.3 is 34.9 Å². The summed E-state index contributed by atoms with van der Waals surface area (Å²) in [5.74, 6) is -1.07. The summed E-state index contributed by atoms with van der Waals surface area (Å²) in [6.45, 7) is 10.6. The molecule has 0 radical (unpaired) electrons. The molecule has 3 N–H and O–H groups in total. The molecule has 2 aromatic carbocycles. The summed E-state index contributed by atoms with van der Waals surface area (Å²) < 4.78 is 17.5. The lowest BCUT2D eigenvalue weighted by Crippen LogP contribution is -2.63. The van der Waals surface area contributed by atoms with Gasteiger partial charge in [0.2, 0.25) is 11.8 Å². The minimum Gasteiger partial charge on any atom is -0.497 e. The van der Waals surface area contributed by atoms with Crippen LogP contribution >= 0.6 is 0 Å². The smallest absolute Gasteiger partial charge is 0.408 e. The summed E-state index contributed by atoms with van der Waals surface area (Å²) in [7, 11) is 1.58. The molecule has 3 atom stereocenters. The van der Waals surface area contributed by atoms with E-state index < -0.39 is 58.6 Å². The van der Waals surface area contributed by atoms with Gasteiger partial charge in [-0.25, -0.2) is 14.6 Å². The number of amides is 3. The van der Waals surface area contributed by atoms with Crippen LogP contribution in [0.25, 0.3) is 22.2 Å². The normalized spacial score (nSPS) is 19.4. The van der Waals surface area contributed by atoms with E-state index in [2.05, 4.69) is 10.6 Å². The van der Waals surface area contributed by atoms with Gasteiger partial charge in [-0.2, -0.15) is 0 Å². The second kappa shape index (κ2) is 13.6. The van der Waals surface area contributed by atoms with Crippen molar-refractivity contribution in [1.82, 2.24) is 20.5 Å². The molecule has 3 unspecified atom stereocenters. The Bertz CT molecular complexity index is 1730. The first-order valence-corrected chi connectivity index (χ1v) is 16.6. The van der Waals surface area contributed by atoms with E-state index in [9.17, 15) is 24.3 Å². The molecule has 5 rings (SSSR count). The number of nitrogens with zero attached hydrogens (tertiary/aromatic N) is 2. The highest BCUT2D eigenvalue weighted by Gasteiger charge is 2.51. The van der Waals surface area contributed by atoms with Crippen molar-refractivity contribution < 1.29 is 38.5 Å². The summed E-state index contributed by atoms with van der Waals surface area (Å²) in [6.07, 6.45) is -0.0542. The van der Waals surface area contributed by atoms with E-state index in [0.717, 1.165) is 5.56 Å². The summed E-state index contributed by atoms with van der Waals surface area (Å²) in [5, 5.41) is 16.1. The average molecular weight is 675 g/mol. The fourth-order valence-corrected chi connectivity index (χ4v) is 6.19. The third-order valence-corrected chi connectivity index (χ3v) is 8.94. The summed E-state index contributed by atoms with van der Waals surface area (Å²) in [5.41, 5.74) is -0.770. The van der Waals surface area contributed by atoms with Gasteiger partial charge in [0.25, 0.3) is 0 Å². The number of hydrogen-bond acceptors (Lipinski definition) is 8. The van der Waals surface area contributed by atoms with Crippen molar-refractivity contribution >= 4 is 34.8 Å². The molecule has 12 heteroatoms. The van der Waals surface area contributed by atoms with Crippen LogP contribution in [0.4, 0.5) is 4.79 Å². The van der Waals surface area contributed by atoms with Crippen LogP contribution in [0.3, 0.4) is 0 Å². The monoisotopic (exact) mass is 674 g/mol. The highest BCUT2D eigenvalue weighted by atomic mass is 16.6. The number of aromatic nitrogens is 1. The Labute approximate surface area is 286 Å². The molecule has 1 saturated carbocycles. The highest BCUT2D eigenvalue weighted by Crippen LogP contribution is 2.37. The SMILES string of the molecule is COc1ccc2c(OC3CC(C(=O)NC4(C(=O)O)CCC4)N(C(=O)C(NC(=O)OC(C)(C)C)C(C)(C)C)C3)cc(-c3ccccc3)nc2c1. The van der Waals surface area contributed by atoms with Crippen molar-refractivity contribution in [2.75, 3.05) is 13.7 Å². The van der Waals surface area contributed by atoms with Gasteiger partial charge in [0, 0.05) is 29.5 Å². The van der Waals surface area contributed by atoms with E-state index in [1.165, 1.54) is 4.90 Å². The van der Waals surface area contributed by atoms with Crippen molar-refractivity contribution in [2.45, 2.75) is 96.6 Å². The van der Waals surface area contributed by atoms with Gasteiger partial charge in [0.05, 0.1) is 24.9 Å². The fourth-order valence-electron chi connectivity index (χ4n) is 6.19. The molecule has 262 valence electrons. The van der Waals surface area contributed by atoms with Crippen molar-refractivity contribution in [3.05, 3.63) is 54.6 Å². The van der Waals surface area contributed by atoms with Crippen LogP contribution in [0.15, 0.2) is 54.6 Å². The van der Waals surface area contributed by atoms with Gasteiger partial charge in [0.15, 0.2) is 0 Å². The van der Waals surface area contributed by atoms with Crippen LogP contribution in [-0.4, -0.2) is 81.8 Å². The number of fused-ring (bicyclic) bond motifs is 1. The fraction of sp³-hybridized carbons (Fsp3) is 0.486. The number of hydrogen-bond donors (Lipinski definition) is 3. The Hall–Kier alpha value is -4.87. The van der Waals surface area contributed by atoms with Crippen LogP contribution in [0.5, 0.6) is 11.5 Å². The number of carbonyl (C=O) groups is 4. The van der Waals surface area contributed by atoms with Gasteiger partial charge in [-0.1, -0.05) is 51.1 Å². The molecule has 1 aliphatic heterocycles. The molecule has 2 aliphatic rings. The maximum Gasteiger partial charge on any atom is 0.408 e. The highest BCUT2D eigenvalue weighted by molar-refractivity contribution is 5.95. The summed E-state index contributed by atoms with van der Waals surface area (Å²) in [4.78, 5) is 59.6. The first-order chi connectivity index (χ1) is 23.0. The van der Waals surface area contributed by atoms with Crippen LogP contribution in [0.1, 0.15) is 67.2 Å². The Morgan fingerprint density at radius 3 is 2.27 bits per heavy atom. The third-order valence-electron chi connectivity index (χ3n) is 8.94. The molecule has 12 nitrogen and oxygen atoms in total. The van der Waals surface area contributed by atoms with Crippen molar-refractivity contribution in [3.63, 3.8) is 0 Å². The molecule has 3 aromatic rings. The Kier molecular flexibility index (Phi) is 9.81. The quantitative estimate of drug-likeness (QED) is 0.273. The Balaban J connectivity index is 1.50. The van der Waals surface area contributed by atoms with Crippen molar-refractivity contribution in [3.8, 4) is 22.8 Å². The number of nitrogens with one attached hydrogen (secondary N) is 2. The predicted molar refractivity (Wildman–Crippen MR) is 183 cm³/mol. The molecule has 2 heterocycles. The second-order valence-electron chi connectivity index (χ2n) is 14.9. The van der Waals surface area contributed by atoms with E-state index in [1.54, 1.807) is 33.9 Å². The molecule has 1 saturated heterocycles. The molecular formula is C37H46N4O8. The lowest BCUT2D eigenvalue weighted by molar-refractivity contribution is -0.153. The van der Waals surface area contributed by atoms with Crippen LogP contribution < -0.4 is 20.1 Å². The van der Waals surface area contributed by atoms with E-state index in [-0.39, 0.29) is 13.0 Å². The van der Waals surface area contributed by atoms with E-state index in [0.29, 0.717) is 47.4 Å². The molecule has 2 fully saturated rings. The first-order valence-electron chi connectivity index (χ1n) is 16.6.